The van der Waals surface area contributed by atoms with Gasteiger partial charge < -0.3 is 4.57 Å². The number of aryl methyl sites for hydroxylation is 1. The molecule has 0 amide bonds. The van der Waals surface area contributed by atoms with Crippen LogP contribution >= 0.6 is 0 Å². The van der Waals surface area contributed by atoms with Crippen molar-refractivity contribution >= 4 is 0 Å². The number of nitrogens with zero attached hydrogens (tertiary/aromatic N) is 4. The second-order valence-corrected chi connectivity index (χ2v) is 4.38. The smallest absolute Gasteiger partial charge is 0.123 e. The molecule has 0 atom stereocenters. The van der Waals surface area contributed by atoms with Gasteiger partial charge >= 0.3 is 0 Å². The van der Waals surface area contributed by atoms with Gasteiger partial charge in [-0.1, -0.05) is 0 Å². The van der Waals surface area contributed by atoms with E-state index >= 15 is 0 Å². The standard InChI is InChI=1S/C14H13FN4/c1-18-13(6-7-17-18)8-19-9-14(16-10-19)11-2-4-12(15)5-3-11/h2-7,9-10H,8H2,1H3. The highest BCUT2D eigenvalue weighted by Gasteiger charge is 2.04. The molecule has 0 saturated heterocycles. The van der Waals surface area contributed by atoms with Gasteiger partial charge in [0.15, 0.2) is 0 Å². The first kappa shape index (κ1) is 11.6. The van der Waals surface area contributed by atoms with E-state index in [1.54, 1.807) is 24.7 Å². The lowest BCUT2D eigenvalue weighted by molar-refractivity contribution is 0.628. The van der Waals surface area contributed by atoms with Gasteiger partial charge in [0, 0.05) is 25.0 Å². The topological polar surface area (TPSA) is 35.6 Å². The Morgan fingerprint density at radius 2 is 1.95 bits per heavy atom. The summed E-state index contributed by atoms with van der Waals surface area (Å²) in [6.45, 7) is 0.713. The molecule has 0 aliphatic heterocycles. The molecule has 0 unspecified atom stereocenters. The summed E-state index contributed by atoms with van der Waals surface area (Å²) >= 11 is 0. The summed E-state index contributed by atoms with van der Waals surface area (Å²) < 4.78 is 16.7. The highest BCUT2D eigenvalue weighted by atomic mass is 19.1. The maximum atomic E-state index is 12.9. The largest absolute Gasteiger partial charge is 0.331 e. The summed E-state index contributed by atoms with van der Waals surface area (Å²) in [5.41, 5.74) is 2.84. The number of hydrogen-bond acceptors (Lipinski definition) is 2. The van der Waals surface area contributed by atoms with Crippen LogP contribution in [0.1, 0.15) is 5.69 Å². The fourth-order valence-corrected chi connectivity index (χ4v) is 1.96. The summed E-state index contributed by atoms with van der Waals surface area (Å²) in [6.07, 6.45) is 5.49. The monoisotopic (exact) mass is 256 g/mol. The van der Waals surface area contributed by atoms with Gasteiger partial charge in [-0.05, 0) is 30.3 Å². The van der Waals surface area contributed by atoms with E-state index in [2.05, 4.69) is 10.1 Å². The molecule has 0 aliphatic rings. The van der Waals surface area contributed by atoms with Gasteiger partial charge in [0.05, 0.1) is 24.3 Å². The summed E-state index contributed by atoms with van der Waals surface area (Å²) in [5, 5.41) is 4.13. The minimum absolute atomic E-state index is 0.238. The van der Waals surface area contributed by atoms with Gasteiger partial charge in [0.25, 0.3) is 0 Å². The molecule has 5 heteroatoms. The zero-order valence-electron chi connectivity index (χ0n) is 10.5. The van der Waals surface area contributed by atoms with E-state index in [1.807, 2.05) is 28.6 Å². The Morgan fingerprint density at radius 1 is 1.16 bits per heavy atom. The van der Waals surface area contributed by atoms with Crippen LogP contribution in [-0.2, 0) is 13.6 Å². The third kappa shape index (κ3) is 2.40. The van der Waals surface area contributed by atoms with Crippen molar-refractivity contribution in [1.82, 2.24) is 19.3 Å². The molecule has 3 aromatic rings. The Hall–Kier alpha value is -2.43. The van der Waals surface area contributed by atoms with Gasteiger partial charge in [0.1, 0.15) is 5.82 Å². The van der Waals surface area contributed by atoms with Crippen molar-refractivity contribution in [2.24, 2.45) is 7.05 Å². The Balaban J connectivity index is 1.83. The third-order valence-corrected chi connectivity index (χ3v) is 3.04. The summed E-state index contributed by atoms with van der Waals surface area (Å²) in [5.74, 6) is -0.238. The van der Waals surface area contributed by atoms with Gasteiger partial charge in [-0.2, -0.15) is 5.10 Å². The molecule has 4 nitrogen and oxygen atoms in total. The lowest BCUT2D eigenvalue weighted by atomic mass is 10.2. The van der Waals surface area contributed by atoms with E-state index in [-0.39, 0.29) is 5.82 Å². The fourth-order valence-electron chi connectivity index (χ4n) is 1.96. The Labute approximate surface area is 110 Å². The number of aromatic nitrogens is 4. The molecule has 2 aromatic heterocycles. The number of benzene rings is 1. The van der Waals surface area contributed by atoms with E-state index in [0.29, 0.717) is 6.54 Å². The van der Waals surface area contributed by atoms with Crippen molar-refractivity contribution < 1.29 is 4.39 Å². The highest BCUT2D eigenvalue weighted by Crippen LogP contribution is 2.17. The van der Waals surface area contributed by atoms with Crippen molar-refractivity contribution in [3.63, 3.8) is 0 Å². The van der Waals surface area contributed by atoms with E-state index in [9.17, 15) is 4.39 Å². The molecule has 0 bridgehead atoms. The first-order chi connectivity index (χ1) is 9.22. The lowest BCUT2D eigenvalue weighted by Gasteiger charge is -2.02. The van der Waals surface area contributed by atoms with Crippen LogP contribution in [-0.4, -0.2) is 19.3 Å². The Bertz CT molecular complexity index is 682. The molecule has 0 spiro atoms. The molecule has 96 valence electrons. The Morgan fingerprint density at radius 3 is 2.63 bits per heavy atom. The second kappa shape index (κ2) is 4.68. The first-order valence-electron chi connectivity index (χ1n) is 5.97. The minimum atomic E-state index is -0.238. The van der Waals surface area contributed by atoms with Gasteiger partial charge in [-0.15, -0.1) is 0 Å². The molecule has 0 aliphatic carbocycles. The first-order valence-corrected chi connectivity index (χ1v) is 5.97. The van der Waals surface area contributed by atoms with Crippen molar-refractivity contribution in [2.45, 2.75) is 6.54 Å². The summed E-state index contributed by atoms with van der Waals surface area (Å²) in [4.78, 5) is 4.34. The Kier molecular flexibility index (Phi) is 2.87. The molecular formula is C14H13FN4. The van der Waals surface area contributed by atoms with E-state index in [0.717, 1.165) is 17.0 Å². The second-order valence-electron chi connectivity index (χ2n) is 4.38. The van der Waals surface area contributed by atoms with Gasteiger partial charge in [-0.25, -0.2) is 9.37 Å². The van der Waals surface area contributed by atoms with Crippen molar-refractivity contribution in [3.05, 3.63) is 60.6 Å². The summed E-state index contributed by atoms with van der Waals surface area (Å²) in [7, 11) is 1.91. The highest BCUT2D eigenvalue weighted by molar-refractivity contribution is 5.57. The van der Waals surface area contributed by atoms with E-state index < -0.39 is 0 Å². The molecule has 0 fully saturated rings. The van der Waals surface area contributed by atoms with E-state index in [4.69, 9.17) is 0 Å². The quantitative estimate of drug-likeness (QED) is 0.721. The molecule has 1 aromatic carbocycles. The number of rotatable bonds is 3. The average Bonchev–Trinajstić information content (AvgIpc) is 3.01. The molecular weight excluding hydrogens is 243 g/mol. The molecule has 0 saturated carbocycles. The number of imidazole rings is 1. The lowest BCUT2D eigenvalue weighted by Crippen LogP contribution is -2.03. The predicted molar refractivity (Wildman–Crippen MR) is 69.9 cm³/mol. The maximum Gasteiger partial charge on any atom is 0.123 e. The van der Waals surface area contributed by atoms with Crippen LogP contribution in [0.25, 0.3) is 11.3 Å². The van der Waals surface area contributed by atoms with Crippen LogP contribution < -0.4 is 0 Å². The average molecular weight is 256 g/mol. The van der Waals surface area contributed by atoms with Gasteiger partial charge in [0.2, 0.25) is 0 Å². The van der Waals surface area contributed by atoms with E-state index in [1.165, 1.54) is 12.1 Å². The van der Waals surface area contributed by atoms with Gasteiger partial charge in [-0.3, -0.25) is 4.68 Å². The van der Waals surface area contributed by atoms with Crippen molar-refractivity contribution in [1.29, 1.82) is 0 Å². The number of hydrogen-bond donors (Lipinski definition) is 0. The molecule has 2 heterocycles. The van der Waals surface area contributed by atoms with Crippen molar-refractivity contribution in [2.75, 3.05) is 0 Å². The minimum Gasteiger partial charge on any atom is -0.331 e. The van der Waals surface area contributed by atoms with Crippen LogP contribution in [0.4, 0.5) is 4.39 Å². The normalized spacial score (nSPS) is 10.8. The summed E-state index contributed by atoms with van der Waals surface area (Å²) in [6, 6.07) is 8.31. The van der Waals surface area contributed by atoms with Crippen molar-refractivity contribution in [3.8, 4) is 11.3 Å². The predicted octanol–water partition coefficient (Wildman–Crippen LogP) is 2.47. The zero-order valence-corrected chi connectivity index (χ0v) is 10.5. The SMILES string of the molecule is Cn1nccc1Cn1cnc(-c2ccc(F)cc2)c1. The molecule has 19 heavy (non-hydrogen) atoms. The van der Waals surface area contributed by atoms with Crippen LogP contribution in [0.2, 0.25) is 0 Å². The number of halogens is 1. The molecule has 3 rings (SSSR count). The zero-order chi connectivity index (χ0) is 13.2. The van der Waals surface area contributed by atoms with Crippen LogP contribution in [0, 0.1) is 5.82 Å². The molecule has 0 N–H and O–H groups in total. The van der Waals surface area contributed by atoms with Crippen LogP contribution in [0.3, 0.4) is 0 Å². The maximum absolute atomic E-state index is 12.9. The van der Waals surface area contributed by atoms with Crippen LogP contribution in [0.15, 0.2) is 49.1 Å². The van der Waals surface area contributed by atoms with Crippen LogP contribution in [0.5, 0.6) is 0 Å². The third-order valence-electron chi connectivity index (χ3n) is 3.04. The fraction of sp³-hybridized carbons (Fsp3) is 0.143. The molecule has 0 radical (unpaired) electrons.